The second kappa shape index (κ2) is 9.08. The molecule has 0 saturated heterocycles. The van der Waals surface area contributed by atoms with Crippen LogP contribution >= 0.6 is 15.9 Å². The predicted molar refractivity (Wildman–Crippen MR) is 97.5 cm³/mol. The molecular weight excluding hydrogens is 372 g/mol. The fourth-order valence-corrected chi connectivity index (χ4v) is 2.53. The number of nitrogens with zero attached hydrogens (tertiary/aromatic N) is 1. The molecule has 24 heavy (non-hydrogen) atoms. The van der Waals surface area contributed by atoms with Crippen LogP contribution in [0.3, 0.4) is 0 Å². The average molecular weight is 391 g/mol. The van der Waals surface area contributed by atoms with Gasteiger partial charge in [-0.2, -0.15) is 5.10 Å². The van der Waals surface area contributed by atoms with Crippen LogP contribution in [0.25, 0.3) is 0 Å². The summed E-state index contributed by atoms with van der Waals surface area (Å²) in [7, 11) is 0. The minimum Gasteiger partial charge on any atom is -0.503 e. The van der Waals surface area contributed by atoms with Crippen molar-refractivity contribution in [3.05, 3.63) is 58.1 Å². The van der Waals surface area contributed by atoms with Crippen LogP contribution < -0.4 is 10.2 Å². The molecule has 0 bridgehead atoms. The number of aromatic hydroxyl groups is 1. The first kappa shape index (κ1) is 18.0. The van der Waals surface area contributed by atoms with E-state index in [1.54, 1.807) is 12.1 Å². The van der Waals surface area contributed by atoms with E-state index in [2.05, 4.69) is 26.5 Å². The summed E-state index contributed by atoms with van der Waals surface area (Å²) in [5.74, 6) is 0.252. The molecule has 6 heteroatoms. The molecule has 0 saturated carbocycles. The molecule has 0 aromatic heterocycles. The Morgan fingerprint density at radius 2 is 2.08 bits per heavy atom. The Balaban J connectivity index is 1.90. The summed E-state index contributed by atoms with van der Waals surface area (Å²) in [5, 5.41) is 13.8. The lowest BCUT2D eigenvalue weighted by atomic mass is 10.1. The van der Waals surface area contributed by atoms with E-state index in [1.165, 1.54) is 6.21 Å². The SMILES string of the molecule is CCOc1cc(C=NNC(=O)CCc2ccccc2)cc(Br)c1O. The number of rotatable bonds is 7. The quantitative estimate of drug-likeness (QED) is 0.559. The third kappa shape index (κ3) is 5.38. The molecule has 0 spiro atoms. The highest BCUT2D eigenvalue weighted by Crippen LogP contribution is 2.34. The van der Waals surface area contributed by atoms with E-state index in [4.69, 9.17) is 4.74 Å². The maximum Gasteiger partial charge on any atom is 0.240 e. The molecule has 2 N–H and O–H groups in total. The molecule has 2 rings (SSSR count). The first-order valence-corrected chi connectivity index (χ1v) is 8.40. The number of ether oxygens (including phenoxy) is 1. The van der Waals surface area contributed by atoms with Crippen LogP contribution in [-0.4, -0.2) is 23.8 Å². The summed E-state index contributed by atoms with van der Waals surface area (Å²) < 4.78 is 5.85. The third-order valence-electron chi connectivity index (χ3n) is 3.24. The molecule has 2 aromatic rings. The fourth-order valence-electron chi connectivity index (χ4n) is 2.07. The molecule has 0 heterocycles. The van der Waals surface area contributed by atoms with E-state index in [0.29, 0.717) is 35.2 Å². The topological polar surface area (TPSA) is 70.9 Å². The van der Waals surface area contributed by atoms with Crippen LogP contribution in [0, 0.1) is 0 Å². The van der Waals surface area contributed by atoms with Gasteiger partial charge in [-0.05, 0) is 52.5 Å². The predicted octanol–water partition coefficient (Wildman–Crippen LogP) is 3.64. The number of carbonyl (C=O) groups is 1. The van der Waals surface area contributed by atoms with Crippen molar-refractivity contribution >= 4 is 28.1 Å². The molecule has 0 unspecified atom stereocenters. The number of halogens is 1. The van der Waals surface area contributed by atoms with Crippen LogP contribution in [0.2, 0.25) is 0 Å². The standard InChI is InChI=1S/C18H19BrN2O3/c1-2-24-16-11-14(10-15(19)18(16)23)12-20-21-17(22)9-8-13-6-4-3-5-7-13/h3-7,10-12,23H,2,8-9H2,1H3,(H,21,22). The van der Waals surface area contributed by atoms with Crippen LogP contribution in [0.15, 0.2) is 52.0 Å². The average Bonchev–Trinajstić information content (AvgIpc) is 2.58. The normalized spacial score (nSPS) is 10.8. The van der Waals surface area contributed by atoms with E-state index >= 15 is 0 Å². The lowest BCUT2D eigenvalue weighted by molar-refractivity contribution is -0.121. The van der Waals surface area contributed by atoms with Crippen LogP contribution in [-0.2, 0) is 11.2 Å². The van der Waals surface area contributed by atoms with Crippen molar-refractivity contribution in [3.63, 3.8) is 0 Å². The van der Waals surface area contributed by atoms with Crippen LogP contribution in [0.5, 0.6) is 11.5 Å². The molecule has 1 amide bonds. The minimum atomic E-state index is -0.155. The summed E-state index contributed by atoms with van der Waals surface area (Å²) in [6.07, 6.45) is 2.54. The Bertz CT molecular complexity index is 718. The van der Waals surface area contributed by atoms with Crippen molar-refractivity contribution in [3.8, 4) is 11.5 Å². The van der Waals surface area contributed by atoms with Gasteiger partial charge in [-0.1, -0.05) is 30.3 Å². The van der Waals surface area contributed by atoms with Crippen molar-refractivity contribution in [2.24, 2.45) is 5.10 Å². The smallest absolute Gasteiger partial charge is 0.240 e. The largest absolute Gasteiger partial charge is 0.503 e. The van der Waals surface area contributed by atoms with Gasteiger partial charge in [0, 0.05) is 6.42 Å². The number of hydrazone groups is 1. The van der Waals surface area contributed by atoms with E-state index in [1.807, 2.05) is 37.3 Å². The highest BCUT2D eigenvalue weighted by molar-refractivity contribution is 9.10. The van der Waals surface area contributed by atoms with Crippen molar-refractivity contribution in [2.45, 2.75) is 19.8 Å². The molecule has 0 radical (unpaired) electrons. The zero-order valence-corrected chi connectivity index (χ0v) is 14.9. The minimum absolute atomic E-state index is 0.0425. The second-order valence-corrected chi connectivity index (χ2v) is 5.92. The Hall–Kier alpha value is -2.34. The molecule has 5 nitrogen and oxygen atoms in total. The van der Waals surface area contributed by atoms with Gasteiger partial charge in [0.15, 0.2) is 11.5 Å². The first-order valence-electron chi connectivity index (χ1n) is 7.61. The van der Waals surface area contributed by atoms with Gasteiger partial charge in [0.2, 0.25) is 5.91 Å². The Labute approximate surface area is 149 Å². The summed E-state index contributed by atoms with van der Waals surface area (Å²) in [6.45, 7) is 2.28. The van der Waals surface area contributed by atoms with Gasteiger partial charge in [0.25, 0.3) is 0 Å². The molecule has 2 aromatic carbocycles. The zero-order valence-electron chi connectivity index (χ0n) is 13.3. The number of hydrogen-bond acceptors (Lipinski definition) is 4. The molecule has 0 fully saturated rings. The highest BCUT2D eigenvalue weighted by Gasteiger charge is 2.08. The van der Waals surface area contributed by atoms with Crippen molar-refractivity contribution in [2.75, 3.05) is 6.61 Å². The summed E-state index contributed by atoms with van der Waals surface area (Å²) in [6, 6.07) is 13.2. The molecule has 0 aliphatic rings. The molecule has 0 aliphatic heterocycles. The van der Waals surface area contributed by atoms with Crippen molar-refractivity contribution in [1.82, 2.24) is 5.43 Å². The molecule has 0 atom stereocenters. The van der Waals surface area contributed by atoms with E-state index in [9.17, 15) is 9.90 Å². The van der Waals surface area contributed by atoms with Crippen LogP contribution in [0.1, 0.15) is 24.5 Å². The lowest BCUT2D eigenvalue weighted by Crippen LogP contribution is -2.17. The van der Waals surface area contributed by atoms with Crippen LogP contribution in [0.4, 0.5) is 0 Å². The van der Waals surface area contributed by atoms with Crippen molar-refractivity contribution < 1.29 is 14.6 Å². The Kier molecular flexibility index (Phi) is 6.81. The van der Waals surface area contributed by atoms with Crippen molar-refractivity contribution in [1.29, 1.82) is 0 Å². The van der Waals surface area contributed by atoms with Gasteiger partial charge in [-0.15, -0.1) is 0 Å². The van der Waals surface area contributed by atoms with E-state index < -0.39 is 0 Å². The second-order valence-electron chi connectivity index (χ2n) is 5.06. The summed E-state index contributed by atoms with van der Waals surface area (Å²) in [4.78, 5) is 11.8. The van der Waals surface area contributed by atoms with Gasteiger partial charge in [0.05, 0.1) is 17.3 Å². The number of phenolic OH excluding ortho intramolecular Hbond substituents is 1. The van der Waals surface area contributed by atoms with Gasteiger partial charge in [-0.3, -0.25) is 4.79 Å². The summed E-state index contributed by atoms with van der Waals surface area (Å²) >= 11 is 3.26. The number of carbonyl (C=O) groups excluding carboxylic acids is 1. The van der Waals surface area contributed by atoms with Gasteiger partial charge >= 0.3 is 0 Å². The molecule has 0 aliphatic carbocycles. The zero-order chi connectivity index (χ0) is 17.4. The number of aryl methyl sites for hydroxylation is 1. The Morgan fingerprint density at radius 1 is 1.33 bits per heavy atom. The maximum atomic E-state index is 11.8. The number of amides is 1. The lowest BCUT2D eigenvalue weighted by Gasteiger charge is -2.08. The van der Waals surface area contributed by atoms with Gasteiger partial charge in [-0.25, -0.2) is 5.43 Å². The van der Waals surface area contributed by atoms with E-state index in [-0.39, 0.29) is 11.7 Å². The van der Waals surface area contributed by atoms with E-state index in [0.717, 1.165) is 5.56 Å². The number of benzene rings is 2. The highest BCUT2D eigenvalue weighted by atomic mass is 79.9. The molecule has 126 valence electrons. The monoisotopic (exact) mass is 390 g/mol. The number of phenols is 1. The third-order valence-corrected chi connectivity index (χ3v) is 3.84. The molecular formula is C18H19BrN2O3. The fraction of sp³-hybridized carbons (Fsp3) is 0.222. The Morgan fingerprint density at radius 3 is 2.79 bits per heavy atom. The van der Waals surface area contributed by atoms with Gasteiger partial charge in [0.1, 0.15) is 0 Å². The summed E-state index contributed by atoms with van der Waals surface area (Å²) in [5.41, 5.74) is 4.31. The van der Waals surface area contributed by atoms with Gasteiger partial charge < -0.3 is 9.84 Å². The first-order chi connectivity index (χ1) is 11.6. The number of nitrogens with one attached hydrogen (secondary N) is 1. The maximum absolute atomic E-state index is 11.8. The number of hydrogen-bond donors (Lipinski definition) is 2.